The monoisotopic (exact) mass is 312 g/mol. The van der Waals surface area contributed by atoms with Gasteiger partial charge in [-0.2, -0.15) is 5.10 Å². The average Bonchev–Trinajstić information content (AvgIpc) is 2.98. The zero-order chi connectivity index (χ0) is 15.5. The molecule has 0 aliphatic rings. The summed E-state index contributed by atoms with van der Waals surface area (Å²) in [6, 6.07) is 13.9. The third kappa shape index (κ3) is 3.31. The van der Waals surface area contributed by atoms with Crippen molar-refractivity contribution in [2.24, 2.45) is 0 Å². The van der Waals surface area contributed by atoms with E-state index < -0.39 is 0 Å². The first-order chi connectivity index (χ1) is 10.6. The average molecular weight is 313 g/mol. The van der Waals surface area contributed by atoms with E-state index in [1.165, 1.54) is 0 Å². The van der Waals surface area contributed by atoms with Gasteiger partial charge in [0.25, 0.3) is 0 Å². The quantitative estimate of drug-likeness (QED) is 0.678. The Morgan fingerprint density at radius 2 is 1.82 bits per heavy atom. The first-order valence-corrected chi connectivity index (χ1v) is 7.50. The number of rotatable bonds is 4. The van der Waals surface area contributed by atoms with Crippen LogP contribution in [0.15, 0.2) is 54.9 Å². The van der Waals surface area contributed by atoms with Gasteiger partial charge < -0.3 is 4.74 Å². The van der Waals surface area contributed by atoms with Crippen LogP contribution in [0.1, 0.15) is 16.7 Å². The minimum absolute atomic E-state index is 0.725. The molecule has 0 bridgehead atoms. The largest absolute Gasteiger partial charge is 0.457 e. The van der Waals surface area contributed by atoms with Gasteiger partial charge in [0.15, 0.2) is 0 Å². The van der Waals surface area contributed by atoms with Crippen molar-refractivity contribution in [2.75, 3.05) is 0 Å². The molecule has 2 aromatic carbocycles. The smallest absolute Gasteiger partial charge is 0.128 e. The van der Waals surface area contributed by atoms with Gasteiger partial charge in [-0.05, 0) is 60.9 Å². The number of hydrogen-bond acceptors (Lipinski definition) is 2. The molecule has 3 rings (SSSR count). The normalized spacial score (nSPS) is 10.7. The Morgan fingerprint density at radius 3 is 2.50 bits per heavy atom. The number of aryl methyl sites for hydroxylation is 2. The molecule has 0 amide bonds. The molecular weight excluding hydrogens is 296 g/mol. The van der Waals surface area contributed by atoms with Crippen LogP contribution in [0.5, 0.6) is 11.5 Å². The second-order valence-corrected chi connectivity index (χ2v) is 5.70. The summed E-state index contributed by atoms with van der Waals surface area (Å²) < 4.78 is 7.85. The summed E-state index contributed by atoms with van der Waals surface area (Å²) in [6.45, 7) is 4.69. The highest BCUT2D eigenvalue weighted by atomic mass is 35.5. The zero-order valence-corrected chi connectivity index (χ0v) is 13.3. The van der Waals surface area contributed by atoms with Crippen molar-refractivity contribution < 1.29 is 4.74 Å². The first kappa shape index (κ1) is 14.7. The van der Waals surface area contributed by atoms with Gasteiger partial charge in [-0.3, -0.25) is 4.68 Å². The molecule has 3 aromatic rings. The molecule has 1 heterocycles. The molecule has 22 heavy (non-hydrogen) atoms. The number of hydrogen-bond donors (Lipinski definition) is 0. The van der Waals surface area contributed by atoms with E-state index in [1.54, 1.807) is 6.20 Å². The fraction of sp³-hybridized carbons (Fsp3) is 0.167. The van der Waals surface area contributed by atoms with Gasteiger partial charge in [-0.25, -0.2) is 0 Å². The highest BCUT2D eigenvalue weighted by Gasteiger charge is 2.05. The highest BCUT2D eigenvalue weighted by molar-refractivity contribution is 6.32. The summed E-state index contributed by atoms with van der Waals surface area (Å²) in [5.74, 6) is 1.61. The number of nitrogens with zero attached hydrogens (tertiary/aromatic N) is 2. The molecular formula is C18H17ClN2O. The summed E-state index contributed by atoms with van der Waals surface area (Å²) in [7, 11) is 0. The second-order valence-electron chi connectivity index (χ2n) is 5.32. The fourth-order valence-corrected chi connectivity index (χ4v) is 2.50. The number of benzene rings is 2. The van der Waals surface area contributed by atoms with E-state index in [2.05, 4.69) is 11.2 Å². The van der Waals surface area contributed by atoms with Crippen LogP contribution in [0.25, 0.3) is 0 Å². The summed E-state index contributed by atoms with van der Waals surface area (Å²) in [5, 5.41) is 5.01. The van der Waals surface area contributed by atoms with Gasteiger partial charge in [-0.15, -0.1) is 0 Å². The third-order valence-electron chi connectivity index (χ3n) is 3.45. The van der Waals surface area contributed by atoms with E-state index in [-0.39, 0.29) is 0 Å². The Labute approximate surface area is 135 Å². The lowest BCUT2D eigenvalue weighted by Gasteiger charge is -2.11. The van der Waals surface area contributed by atoms with Crippen molar-refractivity contribution in [1.82, 2.24) is 9.78 Å². The number of halogens is 1. The van der Waals surface area contributed by atoms with Gasteiger partial charge in [0.05, 0.1) is 6.54 Å². The molecule has 0 aliphatic carbocycles. The molecule has 0 fully saturated rings. The molecule has 112 valence electrons. The van der Waals surface area contributed by atoms with Crippen LogP contribution in [0.3, 0.4) is 0 Å². The molecule has 0 radical (unpaired) electrons. The number of ether oxygens (including phenoxy) is 1. The molecule has 0 unspecified atom stereocenters. The van der Waals surface area contributed by atoms with Crippen molar-refractivity contribution in [3.05, 3.63) is 76.6 Å². The van der Waals surface area contributed by atoms with Gasteiger partial charge in [0, 0.05) is 17.4 Å². The second kappa shape index (κ2) is 6.24. The van der Waals surface area contributed by atoms with Crippen LogP contribution < -0.4 is 4.74 Å². The summed E-state index contributed by atoms with van der Waals surface area (Å²) in [6.07, 6.45) is 3.72. The van der Waals surface area contributed by atoms with Gasteiger partial charge >= 0.3 is 0 Å². The fourth-order valence-electron chi connectivity index (χ4n) is 2.39. The molecule has 0 atom stereocenters. The predicted molar refractivity (Wildman–Crippen MR) is 88.8 cm³/mol. The van der Waals surface area contributed by atoms with E-state index >= 15 is 0 Å². The molecule has 3 nitrogen and oxygen atoms in total. The van der Waals surface area contributed by atoms with E-state index in [4.69, 9.17) is 16.3 Å². The topological polar surface area (TPSA) is 27.1 Å². The van der Waals surface area contributed by atoms with Crippen LogP contribution in [0.2, 0.25) is 5.02 Å². The van der Waals surface area contributed by atoms with Crippen molar-refractivity contribution >= 4 is 11.6 Å². The summed E-state index contributed by atoms with van der Waals surface area (Å²) in [4.78, 5) is 0. The summed E-state index contributed by atoms with van der Waals surface area (Å²) in [5.41, 5.74) is 3.18. The standard InChI is InChI=1S/C18H17ClN2O/c1-13-9-17(10-14(2)18(13)19)22-16-6-3-5-15(11-16)12-21-8-4-7-20-21/h3-11H,12H2,1-2H3. The van der Waals surface area contributed by atoms with Crippen molar-refractivity contribution in [3.8, 4) is 11.5 Å². The Morgan fingerprint density at radius 1 is 1.05 bits per heavy atom. The first-order valence-electron chi connectivity index (χ1n) is 7.13. The Hall–Kier alpha value is -2.26. The van der Waals surface area contributed by atoms with E-state index in [0.717, 1.165) is 39.8 Å². The zero-order valence-electron chi connectivity index (χ0n) is 12.6. The van der Waals surface area contributed by atoms with E-state index in [9.17, 15) is 0 Å². The van der Waals surface area contributed by atoms with Gasteiger partial charge in [-0.1, -0.05) is 23.7 Å². The maximum atomic E-state index is 6.19. The SMILES string of the molecule is Cc1cc(Oc2cccc(Cn3cccn3)c2)cc(C)c1Cl. The molecule has 0 aliphatic heterocycles. The maximum Gasteiger partial charge on any atom is 0.128 e. The van der Waals surface area contributed by atoms with Crippen LogP contribution in [0.4, 0.5) is 0 Å². The third-order valence-corrected chi connectivity index (χ3v) is 4.04. The van der Waals surface area contributed by atoms with Crippen LogP contribution in [0, 0.1) is 13.8 Å². The lowest BCUT2D eigenvalue weighted by molar-refractivity contribution is 0.480. The predicted octanol–water partition coefficient (Wildman–Crippen LogP) is 4.99. The Balaban J connectivity index is 1.81. The lowest BCUT2D eigenvalue weighted by atomic mass is 10.1. The summed E-state index contributed by atoms with van der Waals surface area (Å²) >= 11 is 6.19. The lowest BCUT2D eigenvalue weighted by Crippen LogP contribution is -1.99. The van der Waals surface area contributed by atoms with Crippen molar-refractivity contribution in [2.45, 2.75) is 20.4 Å². The van der Waals surface area contributed by atoms with E-state index in [0.29, 0.717) is 0 Å². The minimum atomic E-state index is 0.725. The van der Waals surface area contributed by atoms with Crippen LogP contribution in [-0.4, -0.2) is 9.78 Å². The molecule has 0 spiro atoms. The van der Waals surface area contributed by atoms with Gasteiger partial charge in [0.2, 0.25) is 0 Å². The Bertz CT molecular complexity index is 759. The molecule has 0 saturated heterocycles. The van der Waals surface area contributed by atoms with Crippen LogP contribution in [-0.2, 0) is 6.54 Å². The van der Waals surface area contributed by atoms with Crippen molar-refractivity contribution in [1.29, 1.82) is 0 Å². The maximum absolute atomic E-state index is 6.19. The molecule has 0 saturated carbocycles. The minimum Gasteiger partial charge on any atom is -0.457 e. The Kier molecular flexibility index (Phi) is 4.16. The van der Waals surface area contributed by atoms with Gasteiger partial charge in [0.1, 0.15) is 11.5 Å². The molecule has 1 aromatic heterocycles. The van der Waals surface area contributed by atoms with Crippen molar-refractivity contribution in [3.63, 3.8) is 0 Å². The molecule has 0 N–H and O–H groups in total. The number of aromatic nitrogens is 2. The van der Waals surface area contributed by atoms with E-state index in [1.807, 2.05) is 61.1 Å². The van der Waals surface area contributed by atoms with Crippen LogP contribution >= 0.6 is 11.6 Å². The molecule has 4 heteroatoms. The highest BCUT2D eigenvalue weighted by Crippen LogP contribution is 2.29.